The first-order chi connectivity index (χ1) is 14.1. The van der Waals surface area contributed by atoms with Crippen molar-refractivity contribution >= 4 is 34.8 Å². The van der Waals surface area contributed by atoms with Crippen LogP contribution < -0.4 is 10.6 Å². The molecule has 8 nitrogen and oxygen atoms in total. The number of ether oxygens (including phenoxy) is 2. The number of carbonyl (C=O) groups excluding carboxylic acids is 3. The Kier molecular flexibility index (Phi) is 7.31. The summed E-state index contributed by atoms with van der Waals surface area (Å²) in [7, 11) is 1.54. The van der Waals surface area contributed by atoms with Crippen LogP contribution in [0.25, 0.3) is 0 Å². The summed E-state index contributed by atoms with van der Waals surface area (Å²) in [5.74, 6) is -1.45. The van der Waals surface area contributed by atoms with Gasteiger partial charge in [-0.3, -0.25) is 9.59 Å². The van der Waals surface area contributed by atoms with E-state index in [0.29, 0.717) is 22.9 Å². The third-order valence-corrected chi connectivity index (χ3v) is 5.32. The van der Waals surface area contributed by atoms with Gasteiger partial charge in [0.2, 0.25) is 0 Å². The summed E-state index contributed by atoms with van der Waals surface area (Å²) in [5.41, 5.74) is 0.883. The van der Waals surface area contributed by atoms with Gasteiger partial charge in [0.05, 0.1) is 17.9 Å². The van der Waals surface area contributed by atoms with Gasteiger partial charge < -0.3 is 20.1 Å². The van der Waals surface area contributed by atoms with Crippen LogP contribution in [0.3, 0.4) is 0 Å². The van der Waals surface area contributed by atoms with Crippen molar-refractivity contribution in [3.8, 4) is 0 Å². The van der Waals surface area contributed by atoms with Crippen molar-refractivity contribution in [3.63, 3.8) is 0 Å². The molecule has 0 bridgehead atoms. The van der Waals surface area contributed by atoms with Crippen LogP contribution >= 0.6 is 11.3 Å². The summed E-state index contributed by atoms with van der Waals surface area (Å²) in [6, 6.07) is 6.92. The second-order valence-corrected chi connectivity index (χ2v) is 7.63. The molecule has 1 fully saturated rings. The van der Waals surface area contributed by atoms with Gasteiger partial charge in [-0.05, 0) is 25.0 Å². The first kappa shape index (κ1) is 20.9. The number of benzene rings is 1. The molecule has 1 aromatic heterocycles. The molecule has 0 saturated heterocycles. The SMILES string of the molecule is COCc1nc(C(=O)OCC(=O)Nc2ccccc2C(=O)NC2CCCC2)cs1. The minimum Gasteiger partial charge on any atom is -0.451 e. The van der Waals surface area contributed by atoms with Gasteiger partial charge in [0, 0.05) is 18.5 Å². The van der Waals surface area contributed by atoms with Gasteiger partial charge in [-0.15, -0.1) is 11.3 Å². The first-order valence-corrected chi connectivity index (χ1v) is 10.2. The molecule has 29 heavy (non-hydrogen) atoms. The smallest absolute Gasteiger partial charge is 0.358 e. The van der Waals surface area contributed by atoms with E-state index in [9.17, 15) is 14.4 Å². The number of nitrogens with zero attached hydrogens (tertiary/aromatic N) is 1. The highest BCUT2D eigenvalue weighted by atomic mass is 32.1. The Hall–Kier alpha value is -2.78. The highest BCUT2D eigenvalue weighted by molar-refractivity contribution is 7.09. The number of esters is 1. The van der Waals surface area contributed by atoms with Crippen LogP contribution in [0.4, 0.5) is 5.69 Å². The Balaban J connectivity index is 1.54. The molecule has 1 heterocycles. The van der Waals surface area contributed by atoms with Crippen molar-refractivity contribution in [1.29, 1.82) is 0 Å². The molecule has 1 aliphatic rings. The zero-order chi connectivity index (χ0) is 20.6. The van der Waals surface area contributed by atoms with Gasteiger partial charge in [0.15, 0.2) is 12.3 Å². The fourth-order valence-corrected chi connectivity index (χ4v) is 3.84. The molecule has 9 heteroatoms. The average Bonchev–Trinajstić information content (AvgIpc) is 3.39. The topological polar surface area (TPSA) is 107 Å². The number of anilines is 1. The molecule has 0 aliphatic heterocycles. The van der Waals surface area contributed by atoms with E-state index in [1.807, 2.05) is 0 Å². The zero-order valence-corrected chi connectivity index (χ0v) is 16.9. The van der Waals surface area contributed by atoms with E-state index in [4.69, 9.17) is 9.47 Å². The van der Waals surface area contributed by atoms with Crippen LogP contribution in [0.2, 0.25) is 0 Å². The second kappa shape index (κ2) is 10.1. The van der Waals surface area contributed by atoms with E-state index in [1.54, 1.807) is 29.6 Å². The van der Waals surface area contributed by atoms with Gasteiger partial charge in [-0.2, -0.15) is 0 Å². The highest BCUT2D eigenvalue weighted by Gasteiger charge is 2.20. The van der Waals surface area contributed by atoms with Crippen LogP contribution in [-0.4, -0.2) is 42.5 Å². The van der Waals surface area contributed by atoms with E-state index in [1.165, 1.54) is 18.4 Å². The van der Waals surface area contributed by atoms with Crippen molar-refractivity contribution in [1.82, 2.24) is 10.3 Å². The van der Waals surface area contributed by atoms with Crippen LogP contribution in [0, 0.1) is 0 Å². The van der Waals surface area contributed by atoms with Crippen molar-refractivity contribution in [2.24, 2.45) is 0 Å². The Labute approximate surface area is 172 Å². The first-order valence-electron chi connectivity index (χ1n) is 9.37. The number of carbonyl (C=O) groups is 3. The largest absolute Gasteiger partial charge is 0.451 e. The lowest BCUT2D eigenvalue weighted by molar-refractivity contribution is -0.119. The zero-order valence-electron chi connectivity index (χ0n) is 16.1. The predicted octanol–water partition coefficient (Wildman–Crippen LogP) is 2.76. The van der Waals surface area contributed by atoms with E-state index in [2.05, 4.69) is 15.6 Å². The van der Waals surface area contributed by atoms with Crippen LogP contribution in [-0.2, 0) is 20.9 Å². The highest BCUT2D eigenvalue weighted by Crippen LogP contribution is 2.20. The molecule has 1 aliphatic carbocycles. The Morgan fingerprint density at radius 2 is 1.97 bits per heavy atom. The normalized spacial score (nSPS) is 13.8. The van der Waals surface area contributed by atoms with Crippen LogP contribution in [0.15, 0.2) is 29.6 Å². The molecule has 3 rings (SSSR count). The van der Waals surface area contributed by atoms with Crippen LogP contribution in [0.1, 0.15) is 51.5 Å². The Morgan fingerprint density at radius 3 is 2.72 bits per heavy atom. The fourth-order valence-electron chi connectivity index (χ4n) is 3.11. The van der Waals surface area contributed by atoms with Gasteiger partial charge in [0.1, 0.15) is 5.01 Å². The number of hydrogen-bond donors (Lipinski definition) is 2. The summed E-state index contributed by atoms with van der Waals surface area (Å²) in [6.45, 7) is -0.174. The summed E-state index contributed by atoms with van der Waals surface area (Å²) in [4.78, 5) is 40.9. The molecule has 2 aromatic rings. The standard InChI is InChI=1S/C20H23N3O5S/c1-27-11-18-23-16(12-29-18)20(26)28-10-17(24)22-15-9-5-4-8-14(15)19(25)21-13-6-2-3-7-13/h4-5,8-9,12-13H,2-3,6-7,10-11H2,1H3,(H,21,25)(H,22,24). The van der Waals surface area contributed by atoms with E-state index < -0.39 is 18.5 Å². The van der Waals surface area contributed by atoms with Gasteiger partial charge >= 0.3 is 5.97 Å². The molecule has 2 N–H and O–H groups in total. The maximum atomic E-state index is 12.5. The Morgan fingerprint density at radius 1 is 1.21 bits per heavy atom. The summed E-state index contributed by atoms with van der Waals surface area (Å²) < 4.78 is 9.97. The molecule has 0 unspecified atom stereocenters. The maximum Gasteiger partial charge on any atom is 0.358 e. The summed E-state index contributed by atoms with van der Waals surface area (Å²) in [5, 5.41) is 7.83. The lowest BCUT2D eigenvalue weighted by Crippen LogP contribution is -2.33. The Bertz CT molecular complexity index is 877. The molecule has 1 aromatic carbocycles. The molecule has 1 saturated carbocycles. The third kappa shape index (κ3) is 5.85. The van der Waals surface area contributed by atoms with Crippen molar-refractivity contribution in [3.05, 3.63) is 45.9 Å². The summed E-state index contributed by atoms with van der Waals surface area (Å²) in [6.07, 6.45) is 4.17. The van der Waals surface area contributed by atoms with Crippen molar-refractivity contribution in [2.75, 3.05) is 19.0 Å². The number of para-hydroxylation sites is 1. The van der Waals surface area contributed by atoms with Gasteiger partial charge in [0.25, 0.3) is 11.8 Å². The summed E-state index contributed by atoms with van der Waals surface area (Å²) >= 11 is 1.28. The van der Waals surface area contributed by atoms with E-state index >= 15 is 0 Å². The molecule has 0 spiro atoms. The molecule has 154 valence electrons. The molecule has 0 atom stereocenters. The number of methoxy groups -OCH3 is 1. The monoisotopic (exact) mass is 417 g/mol. The minimum absolute atomic E-state index is 0.131. The predicted molar refractivity (Wildman–Crippen MR) is 108 cm³/mol. The molecule has 2 amide bonds. The average molecular weight is 417 g/mol. The van der Waals surface area contributed by atoms with Crippen molar-refractivity contribution in [2.45, 2.75) is 38.3 Å². The molecular weight excluding hydrogens is 394 g/mol. The van der Waals surface area contributed by atoms with Crippen molar-refractivity contribution < 1.29 is 23.9 Å². The fraction of sp³-hybridized carbons (Fsp3) is 0.400. The number of hydrogen-bond acceptors (Lipinski definition) is 7. The van der Waals surface area contributed by atoms with E-state index in [-0.39, 0.29) is 17.6 Å². The number of aromatic nitrogens is 1. The number of nitrogens with one attached hydrogen (secondary N) is 2. The lowest BCUT2D eigenvalue weighted by Gasteiger charge is -2.15. The number of rotatable bonds is 8. The lowest BCUT2D eigenvalue weighted by atomic mass is 10.1. The number of thiazole rings is 1. The molecule has 0 radical (unpaired) electrons. The number of amides is 2. The van der Waals surface area contributed by atoms with Gasteiger partial charge in [-0.25, -0.2) is 9.78 Å². The second-order valence-electron chi connectivity index (χ2n) is 6.68. The maximum absolute atomic E-state index is 12.5. The quantitative estimate of drug-likeness (QED) is 0.640. The van der Waals surface area contributed by atoms with Gasteiger partial charge in [-0.1, -0.05) is 25.0 Å². The van der Waals surface area contributed by atoms with E-state index in [0.717, 1.165) is 25.7 Å². The molecular formula is C20H23N3O5S. The third-order valence-electron chi connectivity index (χ3n) is 4.50. The van der Waals surface area contributed by atoms with Crippen LogP contribution in [0.5, 0.6) is 0 Å². The minimum atomic E-state index is -0.689.